The van der Waals surface area contributed by atoms with E-state index >= 15 is 0 Å². The van der Waals surface area contributed by atoms with Crippen LogP contribution >= 0.6 is 35.1 Å². The smallest absolute Gasteiger partial charge is 0.313 e. The van der Waals surface area contributed by atoms with Crippen LogP contribution in [0, 0.1) is 0 Å². The van der Waals surface area contributed by atoms with Gasteiger partial charge in [-0.1, -0.05) is 48.0 Å². The zero-order chi connectivity index (χ0) is 23.1. The Balaban J connectivity index is 1.79. The van der Waals surface area contributed by atoms with E-state index in [4.69, 9.17) is 16.7 Å². The number of carbonyl (C=O) groups excluding carboxylic acids is 1. The summed E-state index contributed by atoms with van der Waals surface area (Å²) in [5, 5.41) is 10.8. The lowest BCUT2D eigenvalue weighted by Gasteiger charge is -2.17. The molecule has 1 unspecified atom stereocenters. The van der Waals surface area contributed by atoms with Crippen LogP contribution in [-0.2, 0) is 9.59 Å². The quantitative estimate of drug-likeness (QED) is 0.391. The monoisotopic (exact) mass is 486 g/mol. The van der Waals surface area contributed by atoms with E-state index in [-0.39, 0.29) is 22.0 Å². The number of nitrogens with zero attached hydrogens (tertiary/aromatic N) is 2. The number of aromatic nitrogens is 1. The number of carboxylic acids is 1. The first-order valence-corrected chi connectivity index (χ1v) is 12.3. The topological polar surface area (TPSA) is 70.5 Å². The summed E-state index contributed by atoms with van der Waals surface area (Å²) in [5.41, 5.74) is 3.58. The molecular weight excluding hydrogens is 464 g/mol. The molecule has 1 heterocycles. The van der Waals surface area contributed by atoms with Crippen molar-refractivity contribution in [2.45, 2.75) is 4.58 Å². The highest BCUT2D eigenvalue weighted by Crippen LogP contribution is 2.39. The zero-order valence-electron chi connectivity index (χ0n) is 17.7. The Kier molecular flexibility index (Phi) is 8.61. The molecule has 1 aromatic heterocycles. The van der Waals surface area contributed by atoms with Crippen LogP contribution in [0.25, 0.3) is 23.1 Å². The highest BCUT2D eigenvalue weighted by atomic mass is 35.5. The molecule has 0 bridgehead atoms. The van der Waals surface area contributed by atoms with Crippen LogP contribution in [0.15, 0.2) is 54.6 Å². The standard InChI is InChI=1S/C24H23ClN2O3S2/c1-27(2)22(28)14-31-24(32-15-23(29)30)18-5-3-4-16(12-18)6-10-20-11-8-17-7-9-19(25)13-21(17)26-20/h3-13,24H,14-15H2,1-2H3,(H,29,30). The molecule has 2 aromatic carbocycles. The third-order valence-corrected chi connectivity index (χ3v) is 7.55. The van der Waals surface area contributed by atoms with E-state index in [2.05, 4.69) is 4.98 Å². The van der Waals surface area contributed by atoms with Crippen molar-refractivity contribution in [1.29, 1.82) is 0 Å². The number of hydrogen-bond acceptors (Lipinski definition) is 5. The first-order valence-electron chi connectivity index (χ1n) is 9.81. The largest absolute Gasteiger partial charge is 0.481 e. The minimum atomic E-state index is -0.877. The molecule has 0 saturated carbocycles. The number of carbonyl (C=O) groups is 2. The van der Waals surface area contributed by atoms with Gasteiger partial charge < -0.3 is 10.0 Å². The van der Waals surface area contributed by atoms with Gasteiger partial charge in [-0.25, -0.2) is 4.98 Å². The van der Waals surface area contributed by atoms with Gasteiger partial charge in [-0.2, -0.15) is 0 Å². The van der Waals surface area contributed by atoms with Gasteiger partial charge in [-0.3, -0.25) is 9.59 Å². The van der Waals surface area contributed by atoms with E-state index in [1.807, 2.05) is 66.7 Å². The van der Waals surface area contributed by atoms with Gasteiger partial charge in [0.05, 0.1) is 27.3 Å². The van der Waals surface area contributed by atoms with E-state index < -0.39 is 5.97 Å². The van der Waals surface area contributed by atoms with E-state index in [0.717, 1.165) is 27.7 Å². The second-order valence-corrected chi connectivity index (χ2v) is 10.1. The number of pyridine rings is 1. The van der Waals surface area contributed by atoms with E-state index in [0.29, 0.717) is 5.02 Å². The first kappa shape index (κ1) is 24.2. The molecular formula is C24H23ClN2O3S2. The van der Waals surface area contributed by atoms with Crippen LogP contribution in [-0.4, -0.2) is 52.5 Å². The lowest BCUT2D eigenvalue weighted by atomic mass is 10.1. The highest BCUT2D eigenvalue weighted by molar-refractivity contribution is 8.16. The molecule has 166 valence electrons. The van der Waals surface area contributed by atoms with Crippen LogP contribution in [0.5, 0.6) is 0 Å². The number of thioether (sulfide) groups is 2. The SMILES string of the molecule is CN(C)C(=O)CSC(SCC(=O)O)c1cccc(C=Cc2ccc3ccc(Cl)cc3n2)c1. The van der Waals surface area contributed by atoms with Gasteiger partial charge in [0.15, 0.2) is 0 Å². The summed E-state index contributed by atoms with van der Waals surface area (Å²) in [6.45, 7) is 0. The van der Waals surface area contributed by atoms with Crippen molar-refractivity contribution in [3.8, 4) is 0 Å². The lowest BCUT2D eigenvalue weighted by Crippen LogP contribution is -2.23. The average Bonchev–Trinajstić information content (AvgIpc) is 2.77. The van der Waals surface area contributed by atoms with Gasteiger partial charge in [0.2, 0.25) is 5.91 Å². The number of fused-ring (bicyclic) bond motifs is 1. The Morgan fingerprint density at radius 2 is 1.81 bits per heavy atom. The minimum Gasteiger partial charge on any atom is -0.481 e. The predicted molar refractivity (Wildman–Crippen MR) is 136 cm³/mol. The van der Waals surface area contributed by atoms with E-state index in [9.17, 15) is 9.59 Å². The average molecular weight is 487 g/mol. The number of aliphatic carboxylic acids is 1. The summed E-state index contributed by atoms with van der Waals surface area (Å²) in [4.78, 5) is 29.3. The van der Waals surface area contributed by atoms with Crippen molar-refractivity contribution in [3.63, 3.8) is 0 Å². The second kappa shape index (κ2) is 11.4. The van der Waals surface area contributed by atoms with E-state index in [1.54, 1.807) is 14.1 Å². The molecule has 0 aliphatic heterocycles. The summed E-state index contributed by atoms with van der Waals surface area (Å²) < 4.78 is -0.163. The third-order valence-electron chi connectivity index (χ3n) is 4.52. The maximum atomic E-state index is 12.0. The molecule has 3 rings (SSSR count). The Hall–Kier alpha value is -2.48. The van der Waals surface area contributed by atoms with Crippen molar-refractivity contribution in [1.82, 2.24) is 9.88 Å². The minimum absolute atomic E-state index is 0.00513. The van der Waals surface area contributed by atoms with Crippen molar-refractivity contribution in [2.75, 3.05) is 25.6 Å². The maximum absolute atomic E-state index is 12.0. The molecule has 8 heteroatoms. The molecule has 0 aliphatic rings. The summed E-state index contributed by atoms with van der Waals surface area (Å²) in [5.74, 6) is -0.627. The molecule has 5 nitrogen and oxygen atoms in total. The summed E-state index contributed by atoms with van der Waals surface area (Å²) in [6.07, 6.45) is 3.90. The van der Waals surface area contributed by atoms with Gasteiger partial charge in [0.25, 0.3) is 0 Å². The van der Waals surface area contributed by atoms with Crippen molar-refractivity contribution < 1.29 is 14.7 Å². The van der Waals surface area contributed by atoms with Gasteiger partial charge in [-0.15, -0.1) is 23.5 Å². The Morgan fingerprint density at radius 1 is 1.06 bits per heavy atom. The molecule has 0 saturated heterocycles. The Morgan fingerprint density at radius 3 is 2.56 bits per heavy atom. The van der Waals surface area contributed by atoms with Crippen LogP contribution in [0.4, 0.5) is 0 Å². The van der Waals surface area contributed by atoms with Crippen molar-refractivity contribution >= 4 is 70.1 Å². The molecule has 3 aromatic rings. The van der Waals surface area contributed by atoms with Gasteiger partial charge >= 0.3 is 5.97 Å². The maximum Gasteiger partial charge on any atom is 0.313 e. The molecule has 0 radical (unpaired) electrons. The fraction of sp³-hybridized carbons (Fsp3) is 0.208. The van der Waals surface area contributed by atoms with Gasteiger partial charge in [0.1, 0.15) is 0 Å². The van der Waals surface area contributed by atoms with Crippen molar-refractivity contribution in [3.05, 3.63) is 76.4 Å². The fourth-order valence-electron chi connectivity index (χ4n) is 2.85. The van der Waals surface area contributed by atoms with Crippen LogP contribution < -0.4 is 0 Å². The van der Waals surface area contributed by atoms with E-state index in [1.165, 1.54) is 28.4 Å². The Bertz CT molecular complexity index is 1150. The predicted octanol–water partition coefficient (Wildman–Crippen LogP) is 5.70. The van der Waals surface area contributed by atoms with Crippen LogP contribution in [0.3, 0.4) is 0 Å². The summed E-state index contributed by atoms with van der Waals surface area (Å²) >= 11 is 8.82. The summed E-state index contributed by atoms with van der Waals surface area (Å²) in [6, 6.07) is 17.5. The normalized spacial score (nSPS) is 12.2. The molecule has 0 aliphatic carbocycles. The number of amides is 1. The number of rotatable bonds is 9. The molecule has 1 atom stereocenters. The van der Waals surface area contributed by atoms with Crippen molar-refractivity contribution in [2.24, 2.45) is 0 Å². The number of hydrogen-bond donors (Lipinski definition) is 1. The van der Waals surface area contributed by atoms with Crippen LogP contribution in [0.1, 0.15) is 21.4 Å². The van der Waals surface area contributed by atoms with Gasteiger partial charge in [0, 0.05) is 24.5 Å². The lowest BCUT2D eigenvalue weighted by molar-refractivity contribution is -0.134. The van der Waals surface area contributed by atoms with Gasteiger partial charge in [-0.05, 0) is 41.5 Å². The third kappa shape index (κ3) is 7.02. The molecule has 0 spiro atoms. The second-order valence-electron chi connectivity index (χ2n) is 7.21. The molecule has 0 fully saturated rings. The van der Waals surface area contributed by atoms with Crippen LogP contribution in [0.2, 0.25) is 5.02 Å². The first-order chi connectivity index (χ1) is 15.3. The molecule has 1 N–H and O–H groups in total. The number of halogens is 1. The molecule has 32 heavy (non-hydrogen) atoms. The number of carboxylic acid groups (broad SMARTS) is 1. The molecule has 1 amide bonds. The fourth-order valence-corrected chi connectivity index (χ4v) is 5.34. The Labute approximate surface area is 200 Å². The zero-order valence-corrected chi connectivity index (χ0v) is 20.1. The number of benzene rings is 2. The highest BCUT2D eigenvalue weighted by Gasteiger charge is 2.17. The summed E-state index contributed by atoms with van der Waals surface area (Å²) in [7, 11) is 3.42.